The topological polar surface area (TPSA) is 71.2 Å². The molecule has 2 heterocycles. The van der Waals surface area contributed by atoms with Crippen LogP contribution in [0.2, 0.25) is 0 Å². The highest BCUT2D eigenvalue weighted by molar-refractivity contribution is 6.05. The average Bonchev–Trinajstić information content (AvgIpc) is 3.23. The Morgan fingerprint density at radius 2 is 2.24 bits per heavy atom. The highest BCUT2D eigenvalue weighted by atomic mass is 16.4. The fraction of sp³-hybridized carbons (Fsp3) is 0.533. The molecule has 0 saturated heterocycles. The number of fused-ring (bicyclic) bond motifs is 1. The first-order valence-corrected chi connectivity index (χ1v) is 7.36. The van der Waals surface area contributed by atoms with Crippen molar-refractivity contribution in [3.8, 4) is 0 Å². The molecule has 1 N–H and O–H groups in total. The summed E-state index contributed by atoms with van der Waals surface area (Å²) in [6.07, 6.45) is 4.70. The van der Waals surface area contributed by atoms with Crippen molar-refractivity contribution in [3.63, 3.8) is 0 Å². The molecule has 1 saturated carbocycles. The number of nitrogens with zero attached hydrogens (tertiary/aromatic N) is 4. The zero-order valence-electron chi connectivity index (χ0n) is 12.6. The van der Waals surface area contributed by atoms with E-state index in [4.69, 9.17) is 0 Å². The lowest BCUT2D eigenvalue weighted by Gasteiger charge is -2.26. The molecule has 0 radical (unpaired) electrons. The Morgan fingerprint density at radius 1 is 1.52 bits per heavy atom. The predicted octanol–water partition coefficient (Wildman–Crippen LogP) is 2.35. The van der Waals surface area contributed by atoms with Gasteiger partial charge in [-0.05, 0) is 26.2 Å². The van der Waals surface area contributed by atoms with Crippen LogP contribution in [0.1, 0.15) is 42.2 Å². The van der Waals surface area contributed by atoms with Gasteiger partial charge in [0.15, 0.2) is 5.65 Å². The van der Waals surface area contributed by atoms with E-state index in [0.29, 0.717) is 6.04 Å². The van der Waals surface area contributed by atoms with E-state index in [2.05, 4.69) is 21.9 Å². The van der Waals surface area contributed by atoms with Gasteiger partial charge in [-0.25, -0.2) is 9.78 Å². The van der Waals surface area contributed by atoms with Crippen molar-refractivity contribution in [1.29, 1.82) is 0 Å². The first-order valence-electron chi connectivity index (χ1n) is 7.36. The second-order valence-electron chi connectivity index (χ2n) is 5.66. The summed E-state index contributed by atoms with van der Waals surface area (Å²) in [5.41, 5.74) is 2.65. The molecule has 2 aromatic rings. The number of pyridine rings is 1. The molecule has 1 aliphatic carbocycles. The summed E-state index contributed by atoms with van der Waals surface area (Å²) in [7, 11) is 1.84. The predicted molar refractivity (Wildman–Crippen MR) is 80.9 cm³/mol. The van der Waals surface area contributed by atoms with E-state index in [9.17, 15) is 9.90 Å². The molecular weight excluding hydrogens is 268 g/mol. The summed E-state index contributed by atoms with van der Waals surface area (Å²) in [6, 6.07) is 0.452. The Hall–Kier alpha value is -2.11. The molecule has 112 valence electrons. The Bertz CT molecular complexity index is 703. The monoisotopic (exact) mass is 288 g/mol. The van der Waals surface area contributed by atoms with Crippen LogP contribution in [-0.4, -0.2) is 38.4 Å². The molecule has 6 nitrogen and oxygen atoms in total. The van der Waals surface area contributed by atoms with Gasteiger partial charge in [-0.15, -0.1) is 0 Å². The molecule has 0 unspecified atom stereocenters. The van der Waals surface area contributed by atoms with Crippen LogP contribution in [0.3, 0.4) is 0 Å². The molecule has 0 spiro atoms. The van der Waals surface area contributed by atoms with Crippen molar-refractivity contribution in [3.05, 3.63) is 17.5 Å². The number of carboxylic acids is 1. The average molecular weight is 288 g/mol. The van der Waals surface area contributed by atoms with Crippen LogP contribution < -0.4 is 4.90 Å². The lowest BCUT2D eigenvalue weighted by atomic mass is 10.1. The van der Waals surface area contributed by atoms with Crippen LogP contribution in [0.25, 0.3) is 11.0 Å². The van der Waals surface area contributed by atoms with E-state index in [1.165, 1.54) is 6.20 Å². The van der Waals surface area contributed by atoms with Gasteiger partial charge in [-0.2, -0.15) is 5.10 Å². The minimum Gasteiger partial charge on any atom is -0.478 e. The second kappa shape index (κ2) is 5.02. The van der Waals surface area contributed by atoms with Crippen LogP contribution in [0.4, 0.5) is 5.69 Å². The molecule has 21 heavy (non-hydrogen) atoms. The zero-order chi connectivity index (χ0) is 15.1. The van der Waals surface area contributed by atoms with Gasteiger partial charge in [0.05, 0.1) is 16.8 Å². The lowest BCUT2D eigenvalue weighted by molar-refractivity contribution is 0.0697. The van der Waals surface area contributed by atoms with Gasteiger partial charge in [0.1, 0.15) is 5.56 Å². The van der Waals surface area contributed by atoms with E-state index in [1.807, 2.05) is 14.0 Å². The third-order valence-corrected chi connectivity index (χ3v) is 3.97. The van der Waals surface area contributed by atoms with Gasteiger partial charge >= 0.3 is 5.97 Å². The number of aromatic nitrogens is 3. The van der Waals surface area contributed by atoms with Gasteiger partial charge in [0.2, 0.25) is 0 Å². The molecule has 6 heteroatoms. The van der Waals surface area contributed by atoms with Gasteiger partial charge in [-0.3, -0.25) is 4.68 Å². The van der Waals surface area contributed by atoms with E-state index < -0.39 is 5.97 Å². The molecular formula is C15H20N4O2. The Kier molecular flexibility index (Phi) is 3.31. The standard InChI is InChI=1S/C15H20N4O2/c1-4-7-19(10-5-6-10)13-11(15(20)21)8-16-14-12(13)9(2)17-18(14)3/h8,10H,4-7H2,1-3H3,(H,20,21). The highest BCUT2D eigenvalue weighted by Crippen LogP contribution is 2.38. The van der Waals surface area contributed by atoms with Crippen LogP contribution in [-0.2, 0) is 7.05 Å². The number of anilines is 1. The molecule has 1 aliphatic rings. The largest absolute Gasteiger partial charge is 0.478 e. The zero-order valence-corrected chi connectivity index (χ0v) is 12.6. The molecule has 2 aromatic heterocycles. The third kappa shape index (κ3) is 2.24. The Balaban J connectivity index is 2.29. The van der Waals surface area contributed by atoms with Crippen molar-refractivity contribution >= 4 is 22.7 Å². The van der Waals surface area contributed by atoms with Crippen LogP contribution in [0.15, 0.2) is 6.20 Å². The number of rotatable bonds is 5. The van der Waals surface area contributed by atoms with Gasteiger partial charge < -0.3 is 10.0 Å². The van der Waals surface area contributed by atoms with Crippen LogP contribution in [0.5, 0.6) is 0 Å². The summed E-state index contributed by atoms with van der Waals surface area (Å²) in [4.78, 5) is 18.2. The maximum Gasteiger partial charge on any atom is 0.339 e. The highest BCUT2D eigenvalue weighted by Gasteiger charge is 2.33. The lowest BCUT2D eigenvalue weighted by Crippen LogP contribution is -2.28. The van der Waals surface area contributed by atoms with Crippen molar-refractivity contribution in [2.75, 3.05) is 11.4 Å². The van der Waals surface area contributed by atoms with Gasteiger partial charge in [-0.1, -0.05) is 6.92 Å². The fourth-order valence-electron chi connectivity index (χ4n) is 2.95. The maximum absolute atomic E-state index is 11.6. The number of aryl methyl sites for hydroxylation is 2. The fourth-order valence-corrected chi connectivity index (χ4v) is 2.95. The molecule has 0 atom stereocenters. The minimum atomic E-state index is -0.926. The SMILES string of the molecule is CCCN(c1c(C(=O)O)cnc2c1c(C)nn2C)C1CC1. The molecule has 3 rings (SSSR count). The number of carbonyl (C=O) groups is 1. The molecule has 1 fully saturated rings. The smallest absolute Gasteiger partial charge is 0.339 e. The molecule has 0 bridgehead atoms. The first kappa shape index (κ1) is 13.9. The number of aromatic carboxylic acids is 1. The van der Waals surface area contributed by atoms with E-state index >= 15 is 0 Å². The van der Waals surface area contributed by atoms with Crippen molar-refractivity contribution in [2.24, 2.45) is 7.05 Å². The third-order valence-electron chi connectivity index (χ3n) is 3.97. The summed E-state index contributed by atoms with van der Waals surface area (Å²) >= 11 is 0. The van der Waals surface area contributed by atoms with E-state index in [-0.39, 0.29) is 5.56 Å². The molecule has 0 aromatic carbocycles. The van der Waals surface area contributed by atoms with Crippen LogP contribution >= 0.6 is 0 Å². The van der Waals surface area contributed by atoms with E-state index in [0.717, 1.165) is 48.2 Å². The van der Waals surface area contributed by atoms with E-state index in [1.54, 1.807) is 4.68 Å². The van der Waals surface area contributed by atoms with Crippen molar-refractivity contribution in [1.82, 2.24) is 14.8 Å². The maximum atomic E-state index is 11.6. The molecule has 0 aliphatic heterocycles. The van der Waals surface area contributed by atoms with Gasteiger partial charge in [0.25, 0.3) is 0 Å². The second-order valence-corrected chi connectivity index (χ2v) is 5.66. The number of hydrogen-bond acceptors (Lipinski definition) is 4. The number of hydrogen-bond donors (Lipinski definition) is 1. The minimum absolute atomic E-state index is 0.277. The van der Waals surface area contributed by atoms with Gasteiger partial charge in [0, 0.05) is 25.8 Å². The summed E-state index contributed by atoms with van der Waals surface area (Å²) in [5.74, 6) is -0.926. The molecule has 0 amide bonds. The normalized spacial score (nSPS) is 14.6. The number of carboxylic acid groups (broad SMARTS) is 1. The first-order chi connectivity index (χ1) is 10.0. The van der Waals surface area contributed by atoms with Crippen molar-refractivity contribution in [2.45, 2.75) is 39.2 Å². The summed E-state index contributed by atoms with van der Waals surface area (Å²) in [5, 5.41) is 14.8. The van der Waals surface area contributed by atoms with Crippen molar-refractivity contribution < 1.29 is 9.90 Å². The Labute approximate surface area is 123 Å². The quantitative estimate of drug-likeness (QED) is 0.914. The summed E-state index contributed by atoms with van der Waals surface area (Å²) < 4.78 is 1.72. The summed E-state index contributed by atoms with van der Waals surface area (Å²) in [6.45, 7) is 4.89. The Morgan fingerprint density at radius 3 is 2.81 bits per heavy atom. The van der Waals surface area contributed by atoms with Crippen LogP contribution in [0, 0.1) is 6.92 Å².